The Morgan fingerprint density at radius 3 is 2.47 bits per heavy atom. The average Bonchev–Trinajstić information content (AvgIpc) is 3.32. The van der Waals surface area contributed by atoms with Crippen molar-refractivity contribution in [3.8, 4) is 0 Å². The van der Waals surface area contributed by atoms with Crippen LogP contribution in [0.2, 0.25) is 0 Å². The van der Waals surface area contributed by atoms with Crippen molar-refractivity contribution in [2.75, 3.05) is 11.9 Å². The minimum atomic E-state index is -4.98. The summed E-state index contributed by atoms with van der Waals surface area (Å²) in [6, 6.07) is 2.30. The largest absolute Gasteiger partial charge is 0.420 e. The van der Waals surface area contributed by atoms with Crippen LogP contribution >= 0.6 is 0 Å². The first-order valence-electron chi connectivity index (χ1n) is 10.3. The summed E-state index contributed by atoms with van der Waals surface area (Å²) in [7, 11) is 0. The molecule has 0 unspecified atom stereocenters. The Balaban J connectivity index is 1.74. The Labute approximate surface area is 188 Å². The number of primary amides is 1. The summed E-state index contributed by atoms with van der Waals surface area (Å²) in [6.45, 7) is -0.808. The van der Waals surface area contributed by atoms with E-state index in [1.54, 1.807) is 0 Å². The molecule has 0 spiro atoms. The van der Waals surface area contributed by atoms with Crippen LogP contribution in [0.5, 0.6) is 0 Å². The highest BCUT2D eigenvalue weighted by atomic mass is 19.4. The van der Waals surface area contributed by atoms with E-state index < -0.39 is 59.9 Å². The van der Waals surface area contributed by atoms with Gasteiger partial charge in [-0.05, 0) is 31.4 Å². The van der Waals surface area contributed by atoms with E-state index in [-0.39, 0.29) is 30.1 Å². The second kappa shape index (κ2) is 8.56. The number of hydrogen-bond donors (Lipinski definition) is 2. The molecule has 4 rings (SSSR count). The molecule has 0 bridgehead atoms. The molecule has 0 aromatic carbocycles. The lowest BCUT2D eigenvalue weighted by Gasteiger charge is -2.22. The van der Waals surface area contributed by atoms with Gasteiger partial charge in [-0.2, -0.15) is 31.4 Å². The molecule has 2 amide bonds. The molecule has 1 saturated heterocycles. The number of alkyl halides is 6. The summed E-state index contributed by atoms with van der Waals surface area (Å²) in [5.41, 5.74) is 2.27. The van der Waals surface area contributed by atoms with Crippen LogP contribution in [0.4, 0.5) is 32.0 Å². The maximum absolute atomic E-state index is 14.0. The van der Waals surface area contributed by atoms with Crippen LogP contribution in [-0.4, -0.2) is 45.5 Å². The molecule has 1 aliphatic carbocycles. The summed E-state index contributed by atoms with van der Waals surface area (Å²) in [5, 5.41) is 6.20. The van der Waals surface area contributed by atoms with Gasteiger partial charge in [0.25, 0.3) is 11.8 Å². The van der Waals surface area contributed by atoms with Crippen molar-refractivity contribution in [2.45, 2.75) is 50.2 Å². The zero-order valence-corrected chi connectivity index (χ0v) is 17.4. The van der Waals surface area contributed by atoms with E-state index in [1.807, 2.05) is 0 Å². The van der Waals surface area contributed by atoms with Gasteiger partial charge in [0, 0.05) is 36.9 Å². The molecule has 2 aromatic rings. The number of anilines is 1. The molecule has 3 heterocycles. The second-order valence-corrected chi connectivity index (χ2v) is 8.19. The highest BCUT2D eigenvalue weighted by Crippen LogP contribution is 2.47. The van der Waals surface area contributed by atoms with Crippen molar-refractivity contribution >= 4 is 17.5 Å². The molecule has 184 valence electrons. The molecule has 2 fully saturated rings. The van der Waals surface area contributed by atoms with Gasteiger partial charge >= 0.3 is 12.4 Å². The third kappa shape index (κ3) is 4.86. The number of nitrogens with two attached hydrogens (primary N) is 1. The van der Waals surface area contributed by atoms with Gasteiger partial charge in [-0.15, -0.1) is 0 Å². The van der Waals surface area contributed by atoms with Crippen molar-refractivity contribution in [1.82, 2.24) is 14.8 Å². The Bertz CT molecular complexity index is 1110. The predicted molar refractivity (Wildman–Crippen MR) is 104 cm³/mol. The molecule has 1 saturated carbocycles. The summed E-state index contributed by atoms with van der Waals surface area (Å²) in [4.78, 5) is 28.0. The topological polar surface area (TPSA) is 112 Å². The van der Waals surface area contributed by atoms with Crippen LogP contribution in [0.1, 0.15) is 57.4 Å². The Hall–Kier alpha value is -3.16. The molecule has 34 heavy (non-hydrogen) atoms. The number of rotatable bonds is 6. The molecule has 2 atom stereocenters. The average molecular weight is 491 g/mol. The van der Waals surface area contributed by atoms with Crippen molar-refractivity contribution in [3.05, 3.63) is 41.0 Å². The molecule has 14 heteroatoms. The third-order valence-electron chi connectivity index (χ3n) is 5.66. The first kappa shape index (κ1) is 24.0. The van der Waals surface area contributed by atoms with E-state index in [9.17, 15) is 35.9 Å². The SMILES string of the molecule is NC(=O)c1cc(NC(=O)c2c(C(F)(F)F)c(C3CC3)nn2C[C@@H]2CCO[C@H]2C(F)(F)F)ccn1. The molecule has 3 N–H and O–H groups in total. The van der Waals surface area contributed by atoms with E-state index in [4.69, 9.17) is 10.5 Å². The van der Waals surface area contributed by atoms with E-state index in [0.29, 0.717) is 17.5 Å². The van der Waals surface area contributed by atoms with Crippen LogP contribution in [0.15, 0.2) is 18.3 Å². The van der Waals surface area contributed by atoms with E-state index >= 15 is 0 Å². The highest BCUT2D eigenvalue weighted by molar-refractivity contribution is 6.05. The van der Waals surface area contributed by atoms with Gasteiger partial charge in [0.1, 0.15) is 17.0 Å². The van der Waals surface area contributed by atoms with Crippen LogP contribution in [0, 0.1) is 5.92 Å². The quantitative estimate of drug-likeness (QED) is 0.601. The monoisotopic (exact) mass is 491 g/mol. The van der Waals surface area contributed by atoms with Crippen molar-refractivity contribution in [3.63, 3.8) is 0 Å². The molecule has 8 nitrogen and oxygen atoms in total. The van der Waals surface area contributed by atoms with E-state index in [0.717, 1.165) is 12.3 Å². The number of nitrogens with zero attached hydrogens (tertiary/aromatic N) is 3. The summed E-state index contributed by atoms with van der Waals surface area (Å²) in [6.07, 6.45) is -9.96. The predicted octanol–water partition coefficient (Wildman–Crippen LogP) is 3.49. The standard InChI is InChI=1S/C20H19F6N5O3/c21-19(22,23)13-14(9-1-2-9)30-31(8-10-4-6-34-16(10)20(24,25)26)15(13)18(33)29-11-3-5-28-12(7-11)17(27)32/h3,5,7,9-10,16H,1-2,4,6,8H2,(H2,27,32)(H,28,29,33)/t10-,16+/m0/s1. The lowest BCUT2D eigenvalue weighted by atomic mass is 10.0. The van der Waals surface area contributed by atoms with Gasteiger partial charge in [-0.3, -0.25) is 19.3 Å². The molecule has 2 aromatic heterocycles. The number of halogens is 6. The van der Waals surface area contributed by atoms with Crippen molar-refractivity contribution < 1.29 is 40.7 Å². The highest BCUT2D eigenvalue weighted by Gasteiger charge is 2.50. The second-order valence-electron chi connectivity index (χ2n) is 8.19. The van der Waals surface area contributed by atoms with Gasteiger partial charge in [-0.1, -0.05) is 0 Å². The smallest absolute Gasteiger partial charge is 0.368 e. The van der Waals surface area contributed by atoms with Crippen molar-refractivity contribution in [2.24, 2.45) is 11.7 Å². The first-order chi connectivity index (χ1) is 15.9. The van der Waals surface area contributed by atoms with Gasteiger partial charge in [-0.25, -0.2) is 0 Å². The molecule has 2 aliphatic rings. The maximum atomic E-state index is 14.0. The number of pyridine rings is 1. The van der Waals surface area contributed by atoms with E-state index in [2.05, 4.69) is 15.4 Å². The van der Waals surface area contributed by atoms with Gasteiger partial charge in [0.05, 0.1) is 5.69 Å². The number of carbonyl (C=O) groups is 2. The molecule has 0 radical (unpaired) electrons. The number of ether oxygens (including phenoxy) is 1. The maximum Gasteiger partial charge on any atom is 0.420 e. The van der Waals surface area contributed by atoms with Crippen LogP contribution < -0.4 is 11.1 Å². The fraction of sp³-hybridized carbons (Fsp3) is 0.500. The Morgan fingerprint density at radius 1 is 1.18 bits per heavy atom. The number of hydrogen-bond acceptors (Lipinski definition) is 5. The minimum absolute atomic E-state index is 0.0580. The molecule has 1 aliphatic heterocycles. The number of aromatic nitrogens is 3. The lowest BCUT2D eigenvalue weighted by Crippen LogP contribution is -2.36. The van der Waals surface area contributed by atoms with Crippen LogP contribution in [0.25, 0.3) is 0 Å². The summed E-state index contributed by atoms with van der Waals surface area (Å²) >= 11 is 0. The third-order valence-corrected chi connectivity index (χ3v) is 5.66. The molecular weight excluding hydrogens is 472 g/mol. The fourth-order valence-corrected chi connectivity index (χ4v) is 4.00. The minimum Gasteiger partial charge on any atom is -0.368 e. The Morgan fingerprint density at radius 2 is 1.88 bits per heavy atom. The normalized spacial score (nSPS) is 21.0. The van der Waals surface area contributed by atoms with Crippen molar-refractivity contribution in [1.29, 1.82) is 0 Å². The Kier molecular flexibility index (Phi) is 6.04. The van der Waals surface area contributed by atoms with Gasteiger partial charge < -0.3 is 15.8 Å². The van der Waals surface area contributed by atoms with Gasteiger partial charge in [0.2, 0.25) is 0 Å². The number of nitrogens with one attached hydrogen (secondary N) is 1. The van der Waals surface area contributed by atoms with E-state index in [1.165, 1.54) is 6.07 Å². The van der Waals surface area contributed by atoms with Gasteiger partial charge in [0.15, 0.2) is 6.10 Å². The first-order valence-corrected chi connectivity index (χ1v) is 10.3. The van der Waals surface area contributed by atoms with Crippen LogP contribution in [-0.2, 0) is 17.5 Å². The number of carbonyl (C=O) groups excluding carboxylic acids is 2. The fourth-order valence-electron chi connectivity index (χ4n) is 4.00. The summed E-state index contributed by atoms with van der Waals surface area (Å²) < 4.78 is 87.6. The molecular formula is C20H19F6N5O3. The summed E-state index contributed by atoms with van der Waals surface area (Å²) in [5.74, 6) is -3.92. The number of amides is 2. The zero-order chi connectivity index (χ0) is 24.8. The van der Waals surface area contributed by atoms with Crippen LogP contribution in [0.3, 0.4) is 0 Å². The zero-order valence-electron chi connectivity index (χ0n) is 17.4. The lowest BCUT2D eigenvalue weighted by molar-refractivity contribution is -0.217.